The van der Waals surface area contributed by atoms with Gasteiger partial charge in [0.15, 0.2) is 0 Å². The summed E-state index contributed by atoms with van der Waals surface area (Å²) in [6, 6.07) is 12.3. The van der Waals surface area contributed by atoms with E-state index in [4.69, 9.17) is 4.74 Å². The minimum Gasteiger partial charge on any atom is -0.489 e. The van der Waals surface area contributed by atoms with Crippen molar-refractivity contribution in [2.75, 3.05) is 0 Å². The molecule has 0 aliphatic carbocycles. The SMILES string of the molecule is Cc1cc(OCc2cccc(Br)c2)cc(C)c1Br. The molecule has 18 heavy (non-hydrogen) atoms. The fraction of sp³-hybridized carbons (Fsp3) is 0.200. The van der Waals surface area contributed by atoms with Crippen LogP contribution in [-0.4, -0.2) is 0 Å². The lowest BCUT2D eigenvalue weighted by molar-refractivity contribution is 0.305. The smallest absolute Gasteiger partial charge is 0.120 e. The number of hydrogen-bond donors (Lipinski definition) is 0. The quantitative estimate of drug-likeness (QED) is 0.703. The summed E-state index contributed by atoms with van der Waals surface area (Å²) in [5, 5.41) is 0. The summed E-state index contributed by atoms with van der Waals surface area (Å²) >= 11 is 7.02. The molecule has 94 valence electrons. The van der Waals surface area contributed by atoms with Crippen molar-refractivity contribution in [2.24, 2.45) is 0 Å². The second-order valence-corrected chi connectivity index (χ2v) is 6.00. The largest absolute Gasteiger partial charge is 0.489 e. The number of halogens is 2. The predicted octanol–water partition coefficient (Wildman–Crippen LogP) is 5.41. The Balaban J connectivity index is 2.11. The molecule has 3 heteroatoms. The van der Waals surface area contributed by atoms with Gasteiger partial charge in [-0.1, -0.05) is 44.0 Å². The Morgan fingerprint density at radius 1 is 1.00 bits per heavy atom. The molecule has 0 aliphatic rings. The number of benzene rings is 2. The minimum absolute atomic E-state index is 0.583. The van der Waals surface area contributed by atoms with E-state index in [0.717, 1.165) is 20.3 Å². The summed E-state index contributed by atoms with van der Waals surface area (Å²) in [6.45, 7) is 4.73. The number of ether oxygens (including phenoxy) is 1. The summed E-state index contributed by atoms with van der Waals surface area (Å²) in [7, 11) is 0. The lowest BCUT2D eigenvalue weighted by atomic mass is 10.1. The van der Waals surface area contributed by atoms with Crippen molar-refractivity contribution in [1.82, 2.24) is 0 Å². The first-order chi connectivity index (χ1) is 8.56. The van der Waals surface area contributed by atoms with Crippen molar-refractivity contribution >= 4 is 31.9 Å². The fourth-order valence-corrected chi connectivity index (χ4v) is 2.46. The first-order valence-corrected chi connectivity index (χ1v) is 7.29. The molecule has 2 aromatic carbocycles. The molecule has 0 bridgehead atoms. The van der Waals surface area contributed by atoms with Crippen LogP contribution in [0.4, 0.5) is 0 Å². The lowest BCUT2D eigenvalue weighted by Crippen LogP contribution is -1.96. The van der Waals surface area contributed by atoms with Crippen LogP contribution in [0, 0.1) is 13.8 Å². The van der Waals surface area contributed by atoms with Crippen molar-refractivity contribution in [3.05, 3.63) is 62.0 Å². The van der Waals surface area contributed by atoms with Gasteiger partial charge in [0.2, 0.25) is 0 Å². The molecular formula is C15H14Br2O. The van der Waals surface area contributed by atoms with E-state index in [1.807, 2.05) is 12.1 Å². The van der Waals surface area contributed by atoms with Gasteiger partial charge in [0, 0.05) is 8.95 Å². The fourth-order valence-electron chi connectivity index (χ4n) is 1.78. The van der Waals surface area contributed by atoms with Crippen molar-refractivity contribution in [3.63, 3.8) is 0 Å². The first kappa shape index (κ1) is 13.6. The van der Waals surface area contributed by atoms with E-state index in [1.54, 1.807) is 0 Å². The van der Waals surface area contributed by atoms with Crippen molar-refractivity contribution in [2.45, 2.75) is 20.5 Å². The topological polar surface area (TPSA) is 9.23 Å². The van der Waals surface area contributed by atoms with Crippen LogP contribution in [0.5, 0.6) is 5.75 Å². The Bertz CT molecular complexity index is 541. The van der Waals surface area contributed by atoms with Crippen LogP contribution in [-0.2, 0) is 6.61 Å². The standard InChI is InChI=1S/C15H14Br2O/c1-10-6-14(7-11(2)15(10)17)18-9-12-4-3-5-13(16)8-12/h3-8H,9H2,1-2H3. The third kappa shape index (κ3) is 3.36. The van der Waals surface area contributed by atoms with Gasteiger partial charge < -0.3 is 4.74 Å². The van der Waals surface area contributed by atoms with Gasteiger partial charge >= 0.3 is 0 Å². The van der Waals surface area contributed by atoms with E-state index in [0.29, 0.717) is 6.61 Å². The summed E-state index contributed by atoms with van der Waals surface area (Å²) in [6.07, 6.45) is 0. The third-order valence-corrected chi connectivity index (χ3v) is 4.45. The zero-order valence-electron chi connectivity index (χ0n) is 10.3. The molecule has 0 fully saturated rings. The third-order valence-electron chi connectivity index (χ3n) is 2.70. The van der Waals surface area contributed by atoms with E-state index in [-0.39, 0.29) is 0 Å². The van der Waals surface area contributed by atoms with Crippen LogP contribution in [0.25, 0.3) is 0 Å². The van der Waals surface area contributed by atoms with Gasteiger partial charge in [0.05, 0.1) is 0 Å². The zero-order valence-corrected chi connectivity index (χ0v) is 13.5. The Morgan fingerprint density at radius 3 is 2.28 bits per heavy atom. The van der Waals surface area contributed by atoms with Gasteiger partial charge in [0.25, 0.3) is 0 Å². The monoisotopic (exact) mass is 368 g/mol. The molecule has 0 amide bonds. The maximum Gasteiger partial charge on any atom is 0.120 e. The Hall–Kier alpha value is -0.800. The molecule has 0 aliphatic heterocycles. The average Bonchev–Trinajstić information content (AvgIpc) is 2.33. The van der Waals surface area contributed by atoms with Crippen molar-refractivity contribution in [3.8, 4) is 5.75 Å². The molecule has 0 N–H and O–H groups in total. The maximum atomic E-state index is 5.82. The molecule has 0 aromatic heterocycles. The Kier molecular flexibility index (Phi) is 4.46. The molecule has 0 saturated carbocycles. The summed E-state index contributed by atoms with van der Waals surface area (Å²) in [5.74, 6) is 0.910. The van der Waals surface area contributed by atoms with Gasteiger partial charge in [-0.3, -0.25) is 0 Å². The summed E-state index contributed by atoms with van der Waals surface area (Å²) in [4.78, 5) is 0. The normalized spacial score (nSPS) is 10.4. The molecule has 2 aromatic rings. The second kappa shape index (κ2) is 5.89. The van der Waals surface area contributed by atoms with Crippen molar-refractivity contribution < 1.29 is 4.74 Å². The van der Waals surface area contributed by atoms with E-state index in [1.165, 1.54) is 11.1 Å². The number of rotatable bonds is 3. The molecule has 0 heterocycles. The minimum atomic E-state index is 0.583. The first-order valence-electron chi connectivity index (χ1n) is 5.70. The van der Waals surface area contributed by atoms with E-state index >= 15 is 0 Å². The maximum absolute atomic E-state index is 5.82. The number of hydrogen-bond acceptors (Lipinski definition) is 1. The molecular weight excluding hydrogens is 356 g/mol. The highest BCUT2D eigenvalue weighted by atomic mass is 79.9. The van der Waals surface area contributed by atoms with Crippen molar-refractivity contribution in [1.29, 1.82) is 0 Å². The van der Waals surface area contributed by atoms with Crippen LogP contribution in [0.1, 0.15) is 16.7 Å². The molecule has 0 radical (unpaired) electrons. The summed E-state index contributed by atoms with van der Waals surface area (Å²) in [5.41, 5.74) is 3.54. The second-order valence-electron chi connectivity index (χ2n) is 4.29. The average molecular weight is 370 g/mol. The Morgan fingerprint density at radius 2 is 1.67 bits per heavy atom. The van der Waals surface area contributed by atoms with Crippen LogP contribution >= 0.6 is 31.9 Å². The van der Waals surface area contributed by atoms with Gasteiger partial charge in [-0.25, -0.2) is 0 Å². The molecule has 0 spiro atoms. The van der Waals surface area contributed by atoms with E-state index < -0.39 is 0 Å². The highest BCUT2D eigenvalue weighted by molar-refractivity contribution is 9.10. The molecule has 2 rings (SSSR count). The molecule has 1 nitrogen and oxygen atoms in total. The van der Waals surface area contributed by atoms with Gasteiger partial charge in [-0.05, 0) is 54.8 Å². The predicted molar refractivity (Wildman–Crippen MR) is 82.1 cm³/mol. The van der Waals surface area contributed by atoms with E-state index in [2.05, 4.69) is 70.0 Å². The lowest BCUT2D eigenvalue weighted by Gasteiger charge is -2.10. The van der Waals surface area contributed by atoms with Crippen LogP contribution in [0.2, 0.25) is 0 Å². The van der Waals surface area contributed by atoms with Crippen LogP contribution in [0.3, 0.4) is 0 Å². The van der Waals surface area contributed by atoms with Crippen LogP contribution < -0.4 is 4.74 Å². The molecule has 0 saturated heterocycles. The highest BCUT2D eigenvalue weighted by Crippen LogP contribution is 2.27. The van der Waals surface area contributed by atoms with E-state index in [9.17, 15) is 0 Å². The van der Waals surface area contributed by atoms with Gasteiger partial charge in [0.1, 0.15) is 12.4 Å². The van der Waals surface area contributed by atoms with Crippen LogP contribution in [0.15, 0.2) is 45.3 Å². The number of aryl methyl sites for hydroxylation is 2. The molecule has 0 unspecified atom stereocenters. The zero-order chi connectivity index (χ0) is 13.1. The molecule has 0 atom stereocenters. The summed E-state index contributed by atoms with van der Waals surface area (Å²) < 4.78 is 8.05. The highest BCUT2D eigenvalue weighted by Gasteiger charge is 2.03. The van der Waals surface area contributed by atoms with Gasteiger partial charge in [-0.2, -0.15) is 0 Å². The Labute approximate surface area is 124 Å². The van der Waals surface area contributed by atoms with Gasteiger partial charge in [-0.15, -0.1) is 0 Å².